The lowest BCUT2D eigenvalue weighted by Gasteiger charge is -2.36. The van der Waals surface area contributed by atoms with E-state index in [-0.39, 0.29) is 16.9 Å². The Labute approximate surface area is 162 Å². The van der Waals surface area contributed by atoms with Crippen molar-refractivity contribution in [2.45, 2.75) is 57.7 Å². The third kappa shape index (κ3) is 2.87. The number of aliphatic hydroxyl groups excluding tert-OH is 2. The molecule has 7 atom stereocenters. The molecule has 3 heterocycles. The van der Waals surface area contributed by atoms with Gasteiger partial charge < -0.3 is 24.4 Å². The molecule has 2 fully saturated rings. The maximum atomic E-state index is 12.6. The first kappa shape index (κ1) is 20.3. The molecule has 28 heavy (non-hydrogen) atoms. The van der Waals surface area contributed by atoms with E-state index in [1.165, 1.54) is 26.0 Å². The SMILES string of the molecule is C=C1C(=O)OC2C(O)C(C)C3=CC(=O)C(C)(O3)C(O)C(OC(=O)C(C)=CC)C12. The molecular weight excluding hydrogens is 368 g/mol. The molecule has 3 aliphatic heterocycles. The van der Waals surface area contributed by atoms with Crippen molar-refractivity contribution in [2.75, 3.05) is 0 Å². The Morgan fingerprint density at radius 3 is 2.61 bits per heavy atom. The third-order valence-electron chi connectivity index (χ3n) is 5.88. The monoisotopic (exact) mass is 392 g/mol. The molecule has 0 aliphatic carbocycles. The molecule has 0 spiro atoms. The van der Waals surface area contributed by atoms with Gasteiger partial charge in [-0.3, -0.25) is 4.79 Å². The molecule has 0 aromatic carbocycles. The van der Waals surface area contributed by atoms with Gasteiger partial charge in [0.15, 0.2) is 5.60 Å². The minimum absolute atomic E-state index is 0.0472. The minimum atomic E-state index is -1.74. The van der Waals surface area contributed by atoms with Gasteiger partial charge in [-0.15, -0.1) is 0 Å². The fourth-order valence-electron chi connectivity index (χ4n) is 3.74. The molecule has 2 saturated heterocycles. The molecule has 0 saturated carbocycles. The van der Waals surface area contributed by atoms with E-state index in [1.54, 1.807) is 13.8 Å². The highest BCUT2D eigenvalue weighted by Gasteiger charge is 2.60. The summed E-state index contributed by atoms with van der Waals surface area (Å²) in [6.07, 6.45) is -2.66. The molecule has 3 rings (SSSR count). The van der Waals surface area contributed by atoms with Crippen LogP contribution in [0, 0.1) is 11.8 Å². The van der Waals surface area contributed by atoms with Crippen molar-refractivity contribution in [2.24, 2.45) is 11.8 Å². The highest BCUT2D eigenvalue weighted by molar-refractivity contribution is 6.00. The second-order valence-electron chi connectivity index (χ2n) is 7.61. The van der Waals surface area contributed by atoms with Crippen molar-refractivity contribution >= 4 is 17.7 Å². The second-order valence-corrected chi connectivity index (χ2v) is 7.61. The Kier molecular flexibility index (Phi) is 4.97. The maximum Gasteiger partial charge on any atom is 0.334 e. The summed E-state index contributed by atoms with van der Waals surface area (Å²) in [5.41, 5.74) is -1.51. The number of allylic oxidation sites excluding steroid dienone is 1. The summed E-state index contributed by atoms with van der Waals surface area (Å²) in [5, 5.41) is 21.9. The molecule has 3 aliphatic rings. The first-order chi connectivity index (χ1) is 13.0. The number of hydrogen-bond acceptors (Lipinski definition) is 8. The molecular formula is C20H24O8. The first-order valence-electron chi connectivity index (χ1n) is 9.07. The van der Waals surface area contributed by atoms with E-state index in [2.05, 4.69) is 6.58 Å². The smallest absolute Gasteiger partial charge is 0.334 e. The Hall–Kier alpha value is -2.45. The van der Waals surface area contributed by atoms with Crippen molar-refractivity contribution in [3.8, 4) is 0 Å². The van der Waals surface area contributed by atoms with Crippen molar-refractivity contribution in [3.05, 3.63) is 35.6 Å². The second kappa shape index (κ2) is 6.86. The molecule has 0 radical (unpaired) electrons. The van der Waals surface area contributed by atoms with E-state index in [0.29, 0.717) is 0 Å². The van der Waals surface area contributed by atoms with E-state index >= 15 is 0 Å². The van der Waals surface area contributed by atoms with Crippen LogP contribution in [0.1, 0.15) is 27.7 Å². The molecule has 152 valence electrons. The summed E-state index contributed by atoms with van der Waals surface area (Å²) in [5.74, 6) is -3.58. The lowest BCUT2D eigenvalue weighted by atomic mass is 9.78. The van der Waals surface area contributed by atoms with Gasteiger partial charge in [0, 0.05) is 23.1 Å². The average molecular weight is 392 g/mol. The molecule has 0 aromatic heterocycles. The Balaban J connectivity index is 2.13. The fraction of sp³-hybridized carbons (Fsp3) is 0.550. The predicted octanol–water partition coefficient (Wildman–Crippen LogP) is 0.576. The Morgan fingerprint density at radius 2 is 2.00 bits per heavy atom. The van der Waals surface area contributed by atoms with Crippen molar-refractivity contribution in [1.29, 1.82) is 0 Å². The highest BCUT2D eigenvalue weighted by atomic mass is 16.6. The molecule has 8 nitrogen and oxygen atoms in total. The van der Waals surface area contributed by atoms with Crippen LogP contribution in [0.3, 0.4) is 0 Å². The van der Waals surface area contributed by atoms with Crippen molar-refractivity contribution in [3.63, 3.8) is 0 Å². The van der Waals surface area contributed by atoms with Gasteiger partial charge in [0.05, 0.1) is 5.92 Å². The maximum absolute atomic E-state index is 12.6. The van der Waals surface area contributed by atoms with Gasteiger partial charge in [0.25, 0.3) is 0 Å². The summed E-state index contributed by atoms with van der Waals surface area (Å²) in [7, 11) is 0. The number of carbonyl (C=O) groups excluding carboxylic acids is 3. The quantitative estimate of drug-likeness (QED) is 0.517. The number of aliphatic hydroxyl groups is 2. The Morgan fingerprint density at radius 1 is 1.36 bits per heavy atom. The average Bonchev–Trinajstić information content (AvgIpc) is 3.14. The minimum Gasteiger partial charge on any atom is -0.480 e. The van der Waals surface area contributed by atoms with Crippen LogP contribution in [-0.4, -0.2) is 58.0 Å². The third-order valence-corrected chi connectivity index (χ3v) is 5.88. The van der Waals surface area contributed by atoms with E-state index in [0.717, 1.165) is 0 Å². The Bertz CT molecular complexity index is 809. The lowest BCUT2D eigenvalue weighted by Crippen LogP contribution is -2.56. The van der Waals surface area contributed by atoms with Gasteiger partial charge in [0.2, 0.25) is 5.78 Å². The molecule has 2 N–H and O–H groups in total. The summed E-state index contributed by atoms with van der Waals surface area (Å²) < 4.78 is 16.5. The van der Waals surface area contributed by atoms with Crippen molar-refractivity contribution < 1.29 is 38.8 Å². The van der Waals surface area contributed by atoms with Gasteiger partial charge in [-0.25, -0.2) is 9.59 Å². The van der Waals surface area contributed by atoms with Crippen LogP contribution in [0.25, 0.3) is 0 Å². The summed E-state index contributed by atoms with van der Waals surface area (Å²) in [4.78, 5) is 37.2. The van der Waals surface area contributed by atoms with Crippen LogP contribution >= 0.6 is 0 Å². The van der Waals surface area contributed by atoms with E-state index < -0.39 is 59.6 Å². The topological polar surface area (TPSA) is 119 Å². The molecule has 0 aromatic rings. The van der Waals surface area contributed by atoms with Crippen LogP contribution < -0.4 is 0 Å². The number of rotatable bonds is 2. The van der Waals surface area contributed by atoms with E-state index in [4.69, 9.17) is 14.2 Å². The molecule has 8 heteroatoms. The zero-order valence-corrected chi connectivity index (χ0v) is 16.2. The number of hydrogen-bond donors (Lipinski definition) is 2. The zero-order chi connectivity index (χ0) is 21.0. The van der Waals surface area contributed by atoms with Gasteiger partial charge in [-0.05, 0) is 20.8 Å². The van der Waals surface area contributed by atoms with E-state index in [1.807, 2.05) is 0 Å². The lowest BCUT2D eigenvalue weighted by molar-refractivity contribution is -0.177. The van der Waals surface area contributed by atoms with Crippen LogP contribution in [0.4, 0.5) is 0 Å². The van der Waals surface area contributed by atoms with E-state index in [9.17, 15) is 24.6 Å². The van der Waals surface area contributed by atoms with Crippen LogP contribution in [0.15, 0.2) is 35.6 Å². The first-order valence-corrected chi connectivity index (χ1v) is 9.07. The normalized spacial score (nSPS) is 40.6. The number of fused-ring (bicyclic) bond motifs is 3. The summed E-state index contributed by atoms with van der Waals surface area (Å²) >= 11 is 0. The molecule has 2 bridgehead atoms. The van der Waals surface area contributed by atoms with Crippen LogP contribution in [0.5, 0.6) is 0 Å². The number of carbonyl (C=O) groups is 3. The van der Waals surface area contributed by atoms with Crippen LogP contribution in [-0.2, 0) is 28.6 Å². The van der Waals surface area contributed by atoms with Gasteiger partial charge in [-0.1, -0.05) is 19.6 Å². The van der Waals surface area contributed by atoms with Crippen molar-refractivity contribution in [1.82, 2.24) is 0 Å². The summed E-state index contributed by atoms with van der Waals surface area (Å²) in [6.45, 7) is 9.87. The van der Waals surface area contributed by atoms with Gasteiger partial charge in [-0.2, -0.15) is 0 Å². The zero-order valence-electron chi connectivity index (χ0n) is 16.2. The van der Waals surface area contributed by atoms with Gasteiger partial charge >= 0.3 is 11.9 Å². The highest BCUT2D eigenvalue weighted by Crippen LogP contribution is 2.44. The van der Waals surface area contributed by atoms with Gasteiger partial charge in [0.1, 0.15) is 30.2 Å². The standard InChI is InChI=1S/C20H24O8/c1-6-8(2)18(24)27-16-13-10(4)19(25)26-15(13)14(22)9(3)11-7-12(21)20(5,28-11)17(16)23/h6-7,9,13-17,22-23H,4H2,1-3,5H3. The number of ether oxygens (including phenoxy) is 3. The number of esters is 2. The predicted molar refractivity (Wildman–Crippen MR) is 95.6 cm³/mol. The largest absolute Gasteiger partial charge is 0.480 e. The summed E-state index contributed by atoms with van der Waals surface area (Å²) in [6, 6.07) is 0. The number of ketones is 1. The fourth-order valence-corrected chi connectivity index (χ4v) is 3.74. The van der Waals surface area contributed by atoms with Crippen LogP contribution in [0.2, 0.25) is 0 Å². The molecule has 7 unspecified atom stereocenters. The molecule has 0 amide bonds.